The third-order valence-corrected chi connectivity index (χ3v) is 1.87. The van der Waals surface area contributed by atoms with Gasteiger partial charge in [0.1, 0.15) is 5.60 Å². The number of rotatable bonds is 6. The zero-order valence-electron chi connectivity index (χ0n) is 10.9. The first kappa shape index (κ1) is 15.7. The van der Waals surface area contributed by atoms with Crippen LogP contribution in [0, 0.1) is 0 Å². The number of nitrogens with zero attached hydrogens (tertiary/aromatic N) is 1. The molecule has 0 saturated carbocycles. The second-order valence-electron chi connectivity index (χ2n) is 4.63. The Labute approximate surface area is 102 Å². The fraction of sp³-hybridized carbons (Fsp3) is 0.818. The number of carboxylic acid groups (broad SMARTS) is 1. The number of carboxylic acids is 1. The molecular formula is C11H22N2O4. The van der Waals surface area contributed by atoms with Crippen molar-refractivity contribution in [3.63, 3.8) is 0 Å². The fourth-order valence-electron chi connectivity index (χ4n) is 1.11. The number of hydrogen-bond donors (Lipinski definition) is 2. The Morgan fingerprint density at radius 2 is 1.94 bits per heavy atom. The Bertz CT molecular complexity index is 261. The van der Waals surface area contributed by atoms with Crippen molar-refractivity contribution in [1.82, 2.24) is 10.2 Å². The van der Waals surface area contributed by atoms with Gasteiger partial charge in [-0.2, -0.15) is 0 Å². The van der Waals surface area contributed by atoms with Gasteiger partial charge in [-0.25, -0.2) is 4.79 Å². The summed E-state index contributed by atoms with van der Waals surface area (Å²) in [5, 5.41) is 11.1. The van der Waals surface area contributed by atoms with Gasteiger partial charge in [-0.15, -0.1) is 0 Å². The monoisotopic (exact) mass is 246 g/mol. The molecule has 0 heterocycles. The van der Waals surface area contributed by atoms with Gasteiger partial charge in [0, 0.05) is 19.6 Å². The normalized spacial score (nSPS) is 11.1. The number of nitrogens with one attached hydrogen (secondary N) is 1. The molecule has 0 aromatic carbocycles. The Morgan fingerprint density at radius 1 is 1.35 bits per heavy atom. The van der Waals surface area contributed by atoms with E-state index in [9.17, 15) is 9.59 Å². The molecule has 0 unspecified atom stereocenters. The van der Waals surface area contributed by atoms with Gasteiger partial charge in [-0.05, 0) is 27.7 Å². The van der Waals surface area contributed by atoms with Gasteiger partial charge < -0.3 is 20.1 Å². The molecule has 0 bridgehead atoms. The van der Waals surface area contributed by atoms with Crippen LogP contribution < -0.4 is 5.32 Å². The zero-order chi connectivity index (χ0) is 13.5. The lowest BCUT2D eigenvalue weighted by Crippen LogP contribution is -2.41. The number of carbonyl (C=O) groups is 2. The third-order valence-electron chi connectivity index (χ3n) is 1.87. The Balaban J connectivity index is 3.98. The van der Waals surface area contributed by atoms with Crippen LogP contribution >= 0.6 is 0 Å². The summed E-state index contributed by atoms with van der Waals surface area (Å²) in [5.41, 5.74) is -0.515. The van der Waals surface area contributed by atoms with Crippen molar-refractivity contribution in [1.29, 1.82) is 0 Å². The van der Waals surface area contributed by atoms with Gasteiger partial charge in [0.15, 0.2) is 0 Å². The first-order valence-electron chi connectivity index (χ1n) is 5.66. The number of hydrogen-bond acceptors (Lipinski definition) is 4. The van der Waals surface area contributed by atoms with Gasteiger partial charge in [-0.3, -0.25) is 4.79 Å². The van der Waals surface area contributed by atoms with E-state index in [-0.39, 0.29) is 12.6 Å². The second-order valence-corrected chi connectivity index (χ2v) is 4.63. The lowest BCUT2D eigenvalue weighted by atomic mass is 10.2. The van der Waals surface area contributed by atoms with Crippen LogP contribution in [0.1, 0.15) is 27.7 Å². The highest BCUT2D eigenvalue weighted by Crippen LogP contribution is 2.09. The molecule has 0 rings (SSSR count). The molecule has 1 amide bonds. The van der Waals surface area contributed by atoms with E-state index in [0.717, 1.165) is 0 Å². The van der Waals surface area contributed by atoms with Crippen LogP contribution in [-0.2, 0) is 9.53 Å². The average Bonchev–Trinajstić information content (AvgIpc) is 2.14. The molecule has 0 fully saturated rings. The lowest BCUT2D eigenvalue weighted by Gasteiger charge is -2.26. The molecule has 0 spiro atoms. The highest BCUT2D eigenvalue weighted by molar-refractivity contribution is 5.69. The highest BCUT2D eigenvalue weighted by atomic mass is 16.6. The summed E-state index contributed by atoms with van der Waals surface area (Å²) in [7, 11) is 0. The van der Waals surface area contributed by atoms with Crippen LogP contribution in [0.25, 0.3) is 0 Å². The maximum absolute atomic E-state index is 11.7. The summed E-state index contributed by atoms with van der Waals surface area (Å²) >= 11 is 0. The summed E-state index contributed by atoms with van der Waals surface area (Å²) in [4.78, 5) is 23.5. The summed E-state index contributed by atoms with van der Waals surface area (Å²) in [5.74, 6) is -0.912. The van der Waals surface area contributed by atoms with Crippen LogP contribution in [0.5, 0.6) is 0 Å². The number of likely N-dealkylation sites (N-methyl/N-ethyl adjacent to an activating group) is 1. The third kappa shape index (κ3) is 8.50. The van der Waals surface area contributed by atoms with E-state index in [1.165, 1.54) is 4.90 Å². The minimum absolute atomic E-state index is 0.105. The molecule has 100 valence electrons. The molecule has 0 radical (unpaired) electrons. The van der Waals surface area contributed by atoms with E-state index in [1.54, 1.807) is 20.8 Å². The maximum Gasteiger partial charge on any atom is 0.410 e. The van der Waals surface area contributed by atoms with Crippen molar-refractivity contribution in [2.24, 2.45) is 0 Å². The molecule has 0 saturated heterocycles. The Kier molecular flexibility index (Phi) is 6.57. The zero-order valence-corrected chi connectivity index (χ0v) is 10.9. The lowest BCUT2D eigenvalue weighted by molar-refractivity contribution is -0.135. The molecule has 0 atom stereocenters. The van der Waals surface area contributed by atoms with Crippen molar-refractivity contribution in [3.8, 4) is 0 Å². The van der Waals surface area contributed by atoms with E-state index in [1.807, 2.05) is 6.92 Å². The van der Waals surface area contributed by atoms with Crippen molar-refractivity contribution >= 4 is 12.1 Å². The van der Waals surface area contributed by atoms with E-state index in [2.05, 4.69) is 5.32 Å². The molecular weight excluding hydrogens is 224 g/mol. The smallest absolute Gasteiger partial charge is 0.410 e. The Hall–Kier alpha value is -1.30. The number of ether oxygens (including phenoxy) is 1. The van der Waals surface area contributed by atoms with Crippen molar-refractivity contribution in [2.75, 3.05) is 26.2 Å². The first-order chi connectivity index (χ1) is 7.76. The quantitative estimate of drug-likeness (QED) is 0.681. The topological polar surface area (TPSA) is 78.9 Å². The molecule has 0 aliphatic heterocycles. The van der Waals surface area contributed by atoms with Gasteiger partial charge >= 0.3 is 12.1 Å². The summed E-state index contributed by atoms with van der Waals surface area (Å²) < 4.78 is 5.21. The number of amides is 1. The van der Waals surface area contributed by atoms with E-state index in [0.29, 0.717) is 19.6 Å². The molecule has 0 aromatic rings. The van der Waals surface area contributed by atoms with E-state index in [4.69, 9.17) is 9.84 Å². The average molecular weight is 246 g/mol. The first-order valence-corrected chi connectivity index (χ1v) is 5.66. The van der Waals surface area contributed by atoms with Gasteiger partial charge in [0.05, 0.1) is 6.54 Å². The van der Waals surface area contributed by atoms with Crippen molar-refractivity contribution in [3.05, 3.63) is 0 Å². The molecule has 2 N–H and O–H groups in total. The van der Waals surface area contributed by atoms with Crippen LogP contribution in [-0.4, -0.2) is 53.8 Å². The number of aliphatic carboxylic acids is 1. The minimum atomic E-state index is -0.912. The van der Waals surface area contributed by atoms with E-state index >= 15 is 0 Å². The summed E-state index contributed by atoms with van der Waals surface area (Å²) in [6.45, 7) is 8.55. The van der Waals surface area contributed by atoms with E-state index < -0.39 is 11.6 Å². The van der Waals surface area contributed by atoms with Crippen LogP contribution in [0.2, 0.25) is 0 Å². The molecule has 6 heteroatoms. The fourth-order valence-corrected chi connectivity index (χ4v) is 1.11. The summed E-state index contributed by atoms with van der Waals surface area (Å²) in [6, 6.07) is 0. The molecule has 6 nitrogen and oxygen atoms in total. The van der Waals surface area contributed by atoms with Crippen LogP contribution in [0.3, 0.4) is 0 Å². The van der Waals surface area contributed by atoms with Gasteiger partial charge in [0.25, 0.3) is 0 Å². The number of carbonyl (C=O) groups excluding carboxylic acids is 1. The van der Waals surface area contributed by atoms with Gasteiger partial charge in [-0.1, -0.05) is 0 Å². The molecule has 0 aliphatic rings. The predicted molar refractivity (Wildman–Crippen MR) is 64.0 cm³/mol. The largest absolute Gasteiger partial charge is 0.480 e. The highest BCUT2D eigenvalue weighted by Gasteiger charge is 2.20. The molecule has 0 aromatic heterocycles. The van der Waals surface area contributed by atoms with Crippen molar-refractivity contribution < 1.29 is 19.4 Å². The van der Waals surface area contributed by atoms with Crippen LogP contribution in [0.15, 0.2) is 0 Å². The predicted octanol–water partition coefficient (Wildman–Crippen LogP) is 0.918. The SMILES string of the molecule is CCN(CCNCC(=O)O)C(=O)OC(C)(C)C. The van der Waals surface area contributed by atoms with Crippen LogP contribution in [0.4, 0.5) is 4.79 Å². The summed E-state index contributed by atoms with van der Waals surface area (Å²) in [6.07, 6.45) is -0.378. The molecule has 0 aliphatic carbocycles. The second kappa shape index (κ2) is 7.11. The van der Waals surface area contributed by atoms with Crippen molar-refractivity contribution in [2.45, 2.75) is 33.3 Å². The standard InChI is InChI=1S/C11H22N2O4/c1-5-13(7-6-12-8-9(14)15)10(16)17-11(2,3)4/h12H,5-8H2,1-4H3,(H,14,15). The maximum atomic E-state index is 11.7. The molecule has 17 heavy (non-hydrogen) atoms. The Morgan fingerprint density at radius 3 is 2.35 bits per heavy atom. The minimum Gasteiger partial charge on any atom is -0.480 e. The van der Waals surface area contributed by atoms with Gasteiger partial charge in [0.2, 0.25) is 0 Å².